The van der Waals surface area contributed by atoms with Crippen molar-refractivity contribution in [3.05, 3.63) is 35.4 Å². The average molecular weight is 291 g/mol. The number of benzene rings is 1. The lowest BCUT2D eigenvalue weighted by Crippen LogP contribution is -2.43. The highest BCUT2D eigenvalue weighted by molar-refractivity contribution is 5.26. The standard InChI is InChI=1S/C18H33N3/c1-7-21(15(4)12-20(5)6)13-18(19)17-10-8-16(9-11-17)14(2)3/h8-11,14-15,18H,7,12-13,19H2,1-6H3. The molecule has 0 aliphatic heterocycles. The van der Waals surface area contributed by atoms with Crippen LogP contribution in [0.1, 0.15) is 50.8 Å². The highest BCUT2D eigenvalue weighted by Crippen LogP contribution is 2.19. The van der Waals surface area contributed by atoms with E-state index in [1.165, 1.54) is 11.1 Å². The molecule has 0 fully saturated rings. The first-order valence-electron chi connectivity index (χ1n) is 8.09. The van der Waals surface area contributed by atoms with Gasteiger partial charge in [0, 0.05) is 25.2 Å². The SMILES string of the molecule is CCN(CC(N)c1ccc(C(C)C)cc1)C(C)CN(C)C. The molecule has 0 aliphatic carbocycles. The molecule has 1 aromatic rings. The normalized spacial score (nSPS) is 15.0. The molecular formula is C18H33N3. The van der Waals surface area contributed by atoms with Crippen molar-refractivity contribution in [3.63, 3.8) is 0 Å². The fourth-order valence-corrected chi connectivity index (χ4v) is 2.75. The van der Waals surface area contributed by atoms with Crippen LogP contribution in [0.25, 0.3) is 0 Å². The van der Waals surface area contributed by atoms with E-state index >= 15 is 0 Å². The molecule has 0 saturated carbocycles. The van der Waals surface area contributed by atoms with Crippen molar-refractivity contribution < 1.29 is 0 Å². The van der Waals surface area contributed by atoms with E-state index in [1.807, 2.05) is 0 Å². The van der Waals surface area contributed by atoms with Gasteiger partial charge in [-0.05, 0) is 44.6 Å². The molecule has 0 aromatic heterocycles. The molecule has 0 bridgehead atoms. The van der Waals surface area contributed by atoms with E-state index in [2.05, 4.69) is 75.9 Å². The monoisotopic (exact) mass is 291 g/mol. The Bertz CT molecular complexity index is 397. The van der Waals surface area contributed by atoms with Crippen LogP contribution in [-0.2, 0) is 0 Å². The van der Waals surface area contributed by atoms with Crippen LogP contribution in [0.3, 0.4) is 0 Å². The van der Waals surface area contributed by atoms with E-state index in [0.29, 0.717) is 12.0 Å². The van der Waals surface area contributed by atoms with Crippen molar-refractivity contribution >= 4 is 0 Å². The molecule has 3 heteroatoms. The van der Waals surface area contributed by atoms with Gasteiger partial charge in [-0.3, -0.25) is 4.90 Å². The zero-order valence-electron chi connectivity index (χ0n) is 14.6. The summed E-state index contributed by atoms with van der Waals surface area (Å²) in [4.78, 5) is 4.69. The smallest absolute Gasteiger partial charge is 0.0424 e. The summed E-state index contributed by atoms with van der Waals surface area (Å²) in [7, 11) is 4.24. The summed E-state index contributed by atoms with van der Waals surface area (Å²) in [6.07, 6.45) is 0. The minimum absolute atomic E-state index is 0.0794. The largest absolute Gasteiger partial charge is 0.323 e. The Kier molecular flexibility index (Phi) is 7.36. The lowest BCUT2D eigenvalue weighted by molar-refractivity contribution is 0.172. The zero-order chi connectivity index (χ0) is 16.0. The predicted molar refractivity (Wildman–Crippen MR) is 92.7 cm³/mol. The third kappa shape index (κ3) is 5.77. The van der Waals surface area contributed by atoms with Crippen LogP contribution in [0.4, 0.5) is 0 Å². The van der Waals surface area contributed by atoms with Gasteiger partial charge in [-0.25, -0.2) is 0 Å². The van der Waals surface area contributed by atoms with Crippen molar-refractivity contribution in [2.24, 2.45) is 5.73 Å². The first kappa shape index (κ1) is 18.1. The summed E-state index contributed by atoms with van der Waals surface area (Å²) < 4.78 is 0. The van der Waals surface area contributed by atoms with Crippen molar-refractivity contribution in [1.82, 2.24) is 9.80 Å². The van der Waals surface area contributed by atoms with Crippen LogP contribution in [0, 0.1) is 0 Å². The lowest BCUT2D eigenvalue weighted by atomic mass is 9.99. The van der Waals surface area contributed by atoms with Crippen LogP contribution in [-0.4, -0.2) is 49.6 Å². The van der Waals surface area contributed by atoms with Gasteiger partial charge < -0.3 is 10.6 Å². The van der Waals surface area contributed by atoms with Crippen LogP contribution in [0.2, 0.25) is 0 Å². The first-order chi connectivity index (χ1) is 9.85. The Morgan fingerprint density at radius 2 is 1.48 bits per heavy atom. The van der Waals surface area contributed by atoms with Crippen molar-refractivity contribution in [2.75, 3.05) is 33.7 Å². The molecule has 2 atom stereocenters. The number of rotatable bonds is 8. The summed E-state index contributed by atoms with van der Waals surface area (Å²) >= 11 is 0. The maximum absolute atomic E-state index is 6.41. The molecule has 120 valence electrons. The van der Waals surface area contributed by atoms with Gasteiger partial charge in [-0.2, -0.15) is 0 Å². The molecular weight excluding hydrogens is 258 g/mol. The molecule has 21 heavy (non-hydrogen) atoms. The minimum Gasteiger partial charge on any atom is -0.323 e. The fourth-order valence-electron chi connectivity index (χ4n) is 2.75. The molecule has 0 amide bonds. The average Bonchev–Trinajstić information content (AvgIpc) is 2.43. The Morgan fingerprint density at radius 1 is 0.952 bits per heavy atom. The van der Waals surface area contributed by atoms with E-state index in [-0.39, 0.29) is 6.04 Å². The summed E-state index contributed by atoms with van der Waals surface area (Å²) in [5.74, 6) is 0.572. The van der Waals surface area contributed by atoms with Gasteiger partial charge in [0.05, 0.1) is 0 Å². The Morgan fingerprint density at radius 3 is 1.90 bits per heavy atom. The fraction of sp³-hybridized carbons (Fsp3) is 0.667. The first-order valence-corrected chi connectivity index (χ1v) is 8.09. The Hall–Kier alpha value is -0.900. The molecule has 0 aliphatic rings. The Balaban J connectivity index is 2.67. The molecule has 3 nitrogen and oxygen atoms in total. The molecule has 2 unspecified atom stereocenters. The lowest BCUT2D eigenvalue weighted by Gasteiger charge is -2.32. The van der Waals surface area contributed by atoms with E-state index in [4.69, 9.17) is 5.73 Å². The molecule has 1 aromatic carbocycles. The molecule has 0 spiro atoms. The molecule has 2 N–H and O–H groups in total. The number of hydrogen-bond acceptors (Lipinski definition) is 3. The predicted octanol–water partition coefficient (Wildman–Crippen LogP) is 3.08. The maximum Gasteiger partial charge on any atom is 0.0424 e. The Labute approximate surface area is 131 Å². The number of hydrogen-bond donors (Lipinski definition) is 1. The van der Waals surface area contributed by atoms with E-state index < -0.39 is 0 Å². The summed E-state index contributed by atoms with van der Waals surface area (Å²) in [6, 6.07) is 9.38. The van der Waals surface area contributed by atoms with Gasteiger partial charge >= 0.3 is 0 Å². The van der Waals surface area contributed by atoms with Crippen LogP contribution in [0.15, 0.2) is 24.3 Å². The molecule has 0 saturated heterocycles. The van der Waals surface area contributed by atoms with Gasteiger partial charge in [0.2, 0.25) is 0 Å². The quantitative estimate of drug-likeness (QED) is 0.799. The third-order valence-electron chi connectivity index (χ3n) is 4.12. The number of nitrogens with zero attached hydrogens (tertiary/aromatic N) is 2. The second-order valence-corrected chi connectivity index (χ2v) is 6.63. The van der Waals surface area contributed by atoms with Gasteiger partial charge in [-0.15, -0.1) is 0 Å². The third-order valence-corrected chi connectivity index (χ3v) is 4.12. The summed E-state index contributed by atoms with van der Waals surface area (Å²) in [5.41, 5.74) is 9.02. The highest BCUT2D eigenvalue weighted by atomic mass is 15.2. The van der Waals surface area contributed by atoms with Crippen molar-refractivity contribution in [1.29, 1.82) is 0 Å². The van der Waals surface area contributed by atoms with Crippen molar-refractivity contribution in [3.8, 4) is 0 Å². The van der Waals surface area contributed by atoms with Crippen LogP contribution in [0.5, 0.6) is 0 Å². The van der Waals surface area contributed by atoms with Gasteiger partial charge in [0.1, 0.15) is 0 Å². The van der Waals surface area contributed by atoms with E-state index in [1.54, 1.807) is 0 Å². The van der Waals surface area contributed by atoms with Gasteiger partial charge in [0.25, 0.3) is 0 Å². The summed E-state index contributed by atoms with van der Waals surface area (Å²) in [5, 5.41) is 0. The van der Waals surface area contributed by atoms with Crippen LogP contribution < -0.4 is 5.73 Å². The zero-order valence-corrected chi connectivity index (χ0v) is 14.6. The maximum atomic E-state index is 6.41. The van der Waals surface area contributed by atoms with E-state index in [9.17, 15) is 0 Å². The number of nitrogens with two attached hydrogens (primary N) is 1. The van der Waals surface area contributed by atoms with Gasteiger partial charge in [-0.1, -0.05) is 45.0 Å². The van der Waals surface area contributed by atoms with Crippen molar-refractivity contribution in [2.45, 2.75) is 45.7 Å². The number of likely N-dealkylation sites (N-methyl/N-ethyl adjacent to an activating group) is 2. The molecule has 0 heterocycles. The topological polar surface area (TPSA) is 32.5 Å². The second-order valence-electron chi connectivity index (χ2n) is 6.63. The highest BCUT2D eigenvalue weighted by Gasteiger charge is 2.17. The molecule has 1 rings (SSSR count). The van der Waals surface area contributed by atoms with Gasteiger partial charge in [0.15, 0.2) is 0 Å². The summed E-state index contributed by atoms with van der Waals surface area (Å²) in [6.45, 7) is 11.9. The molecule has 0 radical (unpaired) electrons. The minimum atomic E-state index is 0.0794. The van der Waals surface area contributed by atoms with E-state index in [0.717, 1.165) is 19.6 Å². The second kappa shape index (κ2) is 8.52. The van der Waals surface area contributed by atoms with Crippen LogP contribution >= 0.6 is 0 Å².